The molecule has 0 fully saturated rings. The van der Waals surface area contributed by atoms with Gasteiger partial charge in [-0.15, -0.1) is 0 Å². The Morgan fingerprint density at radius 2 is 1.76 bits per heavy atom. The Morgan fingerprint density at radius 3 is 2.10 bits per heavy atom. The van der Waals surface area contributed by atoms with E-state index in [-0.39, 0.29) is 5.69 Å². The highest BCUT2D eigenvalue weighted by Gasteiger charge is 2.30. The highest BCUT2D eigenvalue weighted by molar-refractivity contribution is 15.0. The monoisotopic (exact) mass is 524 g/mol. The molecule has 0 aliphatic carbocycles. The molecular formula is C12H9F3I2N2O2. The van der Waals surface area contributed by atoms with Gasteiger partial charge in [-0.05, 0) is 31.2 Å². The van der Waals surface area contributed by atoms with Crippen molar-refractivity contribution in [3.63, 3.8) is 0 Å². The first kappa shape index (κ1) is 20.0. The van der Waals surface area contributed by atoms with E-state index in [1.165, 1.54) is 6.92 Å². The Balaban J connectivity index is 0.00000191. The number of nitrogens with zero attached hydrogens (tertiary/aromatic N) is 1. The normalized spacial score (nSPS) is 11.5. The topological polar surface area (TPSA) is 53.7 Å². The van der Waals surface area contributed by atoms with Crippen LogP contribution >= 0.6 is 37.2 Å². The van der Waals surface area contributed by atoms with Crippen LogP contribution in [-0.2, 0) is 11.0 Å². The number of nitrogens with one attached hydrogen (secondary N) is 1. The molecule has 0 aliphatic heterocycles. The Bertz CT molecular complexity index is 559. The molecule has 0 saturated heterocycles. The zero-order valence-electron chi connectivity index (χ0n) is 10.5. The van der Waals surface area contributed by atoms with Crippen LogP contribution in [0.4, 0.5) is 18.9 Å². The van der Waals surface area contributed by atoms with Crippen LogP contribution in [0.15, 0.2) is 35.7 Å². The molecule has 4 nitrogen and oxygen atoms in total. The van der Waals surface area contributed by atoms with Crippen LogP contribution in [0.1, 0.15) is 12.5 Å². The lowest BCUT2D eigenvalue weighted by Gasteiger charge is -2.08. The van der Waals surface area contributed by atoms with Crippen molar-refractivity contribution in [1.29, 1.82) is 0 Å². The Kier molecular flexibility index (Phi) is 8.64. The lowest BCUT2D eigenvalue weighted by Crippen LogP contribution is -2.14. The summed E-state index contributed by atoms with van der Waals surface area (Å²) in [6, 6.07) is 3.75. The molecule has 1 aromatic carbocycles. The molecule has 9 heteroatoms. The first-order valence-electron chi connectivity index (χ1n) is 5.16. The lowest BCUT2D eigenvalue weighted by molar-refractivity contribution is -0.137. The molecule has 0 unspecified atom stereocenters. The van der Waals surface area contributed by atoms with Crippen molar-refractivity contribution >= 4 is 48.8 Å². The fourth-order valence-electron chi connectivity index (χ4n) is 1.23. The minimum Gasteiger partial charge on any atom is -0.523 e. The maximum atomic E-state index is 12.3. The molecule has 0 atom stereocenters. The number of halogens is 5. The number of alkyl halides is 3. The number of aliphatic hydroxyl groups is 1. The molecule has 2 N–H and O–H groups in total. The molecule has 0 aromatic heterocycles. The second kappa shape index (κ2) is 9.08. The van der Waals surface area contributed by atoms with Crippen LogP contribution in [0.2, 0.25) is 0 Å². The minimum absolute atomic E-state index is 0.0976. The molecule has 0 saturated carbocycles. The first-order valence-corrected chi connectivity index (χ1v) is 11.4. The van der Waals surface area contributed by atoms with Crippen LogP contribution in [0.25, 0.3) is 4.85 Å². The van der Waals surface area contributed by atoms with E-state index < -0.39 is 29.1 Å². The van der Waals surface area contributed by atoms with E-state index in [0.29, 0.717) is 0 Å². The van der Waals surface area contributed by atoms with Crippen molar-refractivity contribution in [2.24, 2.45) is 0 Å². The van der Waals surface area contributed by atoms with Crippen molar-refractivity contribution in [1.82, 2.24) is 0 Å². The molecule has 21 heavy (non-hydrogen) atoms. The summed E-state index contributed by atoms with van der Waals surface area (Å²) in [5, 5.41) is 11.3. The third-order valence-corrected chi connectivity index (χ3v) is 2.14. The number of rotatable bonds is 2. The first-order chi connectivity index (χ1) is 9.75. The third kappa shape index (κ3) is 6.51. The molecule has 0 bridgehead atoms. The van der Waals surface area contributed by atoms with Crippen LogP contribution in [0.5, 0.6) is 0 Å². The molecule has 0 spiro atoms. The van der Waals surface area contributed by atoms with Gasteiger partial charge in [-0.25, -0.2) is 4.85 Å². The largest absolute Gasteiger partial charge is 0.523 e. The van der Waals surface area contributed by atoms with Crippen molar-refractivity contribution in [2.45, 2.75) is 13.1 Å². The summed E-state index contributed by atoms with van der Waals surface area (Å²) in [6.45, 7) is 7.87. The zero-order valence-corrected chi connectivity index (χ0v) is 14.8. The van der Waals surface area contributed by atoms with Gasteiger partial charge in [0.25, 0.3) is 11.6 Å². The zero-order chi connectivity index (χ0) is 16.6. The summed E-state index contributed by atoms with van der Waals surface area (Å²) in [5.74, 6) is -1.34. The molecule has 0 radical (unpaired) electrons. The standard InChI is InChI=1S/C12H9F3N2O2.I2/c1-7(18)10(16-2)11(19)17-9-5-3-8(4-6-9)12(13,14)15;1-2/h3-6,18H,1H3,(H,17,19);. The number of hydrogen-bond donors (Lipinski definition) is 2. The highest BCUT2D eigenvalue weighted by atomic mass is 128. The number of amides is 1. The molecule has 1 rings (SSSR count). The quantitative estimate of drug-likeness (QED) is 0.244. The van der Waals surface area contributed by atoms with Crippen LogP contribution < -0.4 is 5.32 Å². The number of aliphatic hydroxyl groups excluding tert-OH is 1. The third-order valence-electron chi connectivity index (χ3n) is 2.14. The fraction of sp³-hybridized carbons (Fsp3) is 0.167. The van der Waals surface area contributed by atoms with E-state index in [1.807, 2.05) is 0 Å². The molecule has 114 valence electrons. The minimum atomic E-state index is -4.45. The summed E-state index contributed by atoms with van der Waals surface area (Å²) in [6.07, 6.45) is -4.45. The SMILES string of the molecule is II.[C-]#[N+]C(C(=O)Nc1ccc(C(F)(F)F)cc1)=C(C)O. The second-order valence-electron chi connectivity index (χ2n) is 3.58. The smallest absolute Gasteiger partial charge is 0.416 e. The van der Waals surface area contributed by atoms with E-state index in [1.54, 1.807) is 0 Å². The van der Waals surface area contributed by atoms with Gasteiger partial charge in [0.05, 0.1) is 12.1 Å². The number of anilines is 1. The molecule has 0 heterocycles. The van der Waals surface area contributed by atoms with Crippen molar-refractivity contribution in [2.75, 3.05) is 5.32 Å². The second-order valence-corrected chi connectivity index (χ2v) is 3.58. The van der Waals surface area contributed by atoms with Crippen LogP contribution in [-0.4, -0.2) is 11.0 Å². The van der Waals surface area contributed by atoms with Gasteiger partial charge in [-0.3, -0.25) is 4.79 Å². The van der Waals surface area contributed by atoms with Crippen molar-refractivity contribution in [3.05, 3.63) is 52.7 Å². The van der Waals surface area contributed by atoms with E-state index in [9.17, 15) is 18.0 Å². The van der Waals surface area contributed by atoms with Crippen molar-refractivity contribution < 1.29 is 23.1 Å². The van der Waals surface area contributed by atoms with Gasteiger partial charge in [0.15, 0.2) is 0 Å². The predicted octanol–water partition coefficient (Wildman–Crippen LogP) is 5.12. The summed E-state index contributed by atoms with van der Waals surface area (Å²) in [4.78, 5) is 14.3. The maximum Gasteiger partial charge on any atom is 0.416 e. The van der Waals surface area contributed by atoms with Gasteiger partial charge in [0.2, 0.25) is 0 Å². The van der Waals surface area contributed by atoms with Gasteiger partial charge >= 0.3 is 6.18 Å². The van der Waals surface area contributed by atoms with Gasteiger partial charge < -0.3 is 10.4 Å². The summed E-state index contributed by atoms with van der Waals surface area (Å²) >= 11 is 4.24. The summed E-state index contributed by atoms with van der Waals surface area (Å²) in [7, 11) is 0. The van der Waals surface area contributed by atoms with E-state index in [4.69, 9.17) is 11.7 Å². The number of allylic oxidation sites excluding steroid dienone is 1. The van der Waals surface area contributed by atoms with Crippen LogP contribution in [0.3, 0.4) is 0 Å². The number of hydrogen-bond acceptors (Lipinski definition) is 2. The molecule has 1 aromatic rings. The van der Waals surface area contributed by atoms with Crippen molar-refractivity contribution in [3.8, 4) is 0 Å². The fourth-order valence-corrected chi connectivity index (χ4v) is 1.23. The Morgan fingerprint density at radius 1 is 1.29 bits per heavy atom. The highest BCUT2D eigenvalue weighted by Crippen LogP contribution is 2.29. The Hall–Kier alpha value is -1.03. The van der Waals surface area contributed by atoms with Gasteiger partial charge in [-0.2, -0.15) is 13.2 Å². The Labute approximate surface area is 142 Å². The average Bonchev–Trinajstić information content (AvgIpc) is 2.41. The van der Waals surface area contributed by atoms with Crippen LogP contribution in [0, 0.1) is 6.57 Å². The molecule has 1 amide bonds. The van der Waals surface area contributed by atoms with Gasteiger partial charge in [0.1, 0.15) is 5.76 Å². The average molecular weight is 524 g/mol. The number of carbonyl (C=O) groups excluding carboxylic acids is 1. The van der Waals surface area contributed by atoms with E-state index in [0.717, 1.165) is 24.3 Å². The van der Waals surface area contributed by atoms with E-state index >= 15 is 0 Å². The lowest BCUT2D eigenvalue weighted by atomic mass is 10.2. The number of benzene rings is 1. The summed E-state index contributed by atoms with van der Waals surface area (Å²) < 4.78 is 36.9. The van der Waals surface area contributed by atoms with Gasteiger partial charge in [0, 0.05) is 42.9 Å². The predicted molar refractivity (Wildman–Crippen MR) is 90.0 cm³/mol. The number of carbonyl (C=O) groups is 1. The summed E-state index contributed by atoms with van der Waals surface area (Å²) in [5.41, 5.74) is -1.26. The maximum absolute atomic E-state index is 12.3. The molecular weight excluding hydrogens is 515 g/mol. The van der Waals surface area contributed by atoms with Gasteiger partial charge in [-0.1, -0.05) is 0 Å². The van der Waals surface area contributed by atoms with E-state index in [2.05, 4.69) is 47.4 Å². The molecule has 0 aliphatic rings.